The number of aromatic amines is 2. The molecular weight excluding hydrogens is 242 g/mol. The Hall–Kier alpha value is -2.89. The maximum atomic E-state index is 11.0. The van der Waals surface area contributed by atoms with E-state index in [2.05, 4.69) is 25.3 Å². The van der Waals surface area contributed by atoms with Gasteiger partial charge in [0.25, 0.3) is 0 Å². The first-order valence-corrected chi connectivity index (χ1v) is 5.73. The predicted octanol–water partition coefficient (Wildman–Crippen LogP) is 1.90. The lowest BCUT2D eigenvalue weighted by Gasteiger charge is -2.04. The first-order chi connectivity index (χ1) is 9.31. The van der Waals surface area contributed by atoms with Crippen molar-refractivity contribution in [3.8, 4) is 11.3 Å². The number of nitrogens with one attached hydrogen (secondary N) is 3. The van der Waals surface area contributed by atoms with Crippen LogP contribution in [0.25, 0.3) is 11.3 Å². The minimum atomic E-state index is -0.249. The summed E-state index contributed by atoms with van der Waals surface area (Å²) in [5, 5.41) is 3.09. The van der Waals surface area contributed by atoms with Crippen molar-refractivity contribution in [3.05, 3.63) is 59.4 Å². The van der Waals surface area contributed by atoms with E-state index in [1.165, 1.54) is 0 Å². The topological polar surface area (TPSA) is 86.5 Å². The maximum Gasteiger partial charge on any atom is 0.323 e. The van der Waals surface area contributed by atoms with Crippen molar-refractivity contribution in [1.29, 1.82) is 0 Å². The third-order valence-corrected chi connectivity index (χ3v) is 2.59. The molecule has 1 aromatic carbocycles. The van der Waals surface area contributed by atoms with Crippen molar-refractivity contribution in [1.82, 2.24) is 19.9 Å². The number of rotatable bonds is 3. The van der Waals surface area contributed by atoms with E-state index in [0.29, 0.717) is 11.6 Å². The zero-order chi connectivity index (χ0) is 13.1. The fraction of sp³-hybridized carbons (Fsp3) is 0. The third-order valence-electron chi connectivity index (χ3n) is 2.59. The van der Waals surface area contributed by atoms with E-state index in [4.69, 9.17) is 0 Å². The van der Waals surface area contributed by atoms with Crippen LogP contribution in [0.2, 0.25) is 0 Å². The standard InChI is InChI=1S/C13H11N5O/c19-13-16-8-11(18-13)9-6-14-12(15-7-9)17-10-4-2-1-3-5-10/h1-8H,(H,14,15,17)(H2,16,18,19). The van der Waals surface area contributed by atoms with Gasteiger partial charge in [-0.1, -0.05) is 18.2 Å². The van der Waals surface area contributed by atoms with Gasteiger partial charge >= 0.3 is 5.69 Å². The summed E-state index contributed by atoms with van der Waals surface area (Å²) in [6.45, 7) is 0. The van der Waals surface area contributed by atoms with Gasteiger partial charge in [-0.15, -0.1) is 0 Å². The van der Waals surface area contributed by atoms with Crippen LogP contribution in [0, 0.1) is 0 Å². The predicted molar refractivity (Wildman–Crippen MR) is 72.2 cm³/mol. The molecule has 3 N–H and O–H groups in total. The molecule has 0 aliphatic carbocycles. The summed E-state index contributed by atoms with van der Waals surface area (Å²) in [7, 11) is 0. The number of H-pyrrole nitrogens is 2. The number of imidazole rings is 1. The van der Waals surface area contributed by atoms with E-state index < -0.39 is 0 Å². The van der Waals surface area contributed by atoms with Gasteiger partial charge in [0.2, 0.25) is 5.95 Å². The molecule has 2 heterocycles. The fourth-order valence-electron chi connectivity index (χ4n) is 1.67. The molecule has 6 nitrogen and oxygen atoms in total. The van der Waals surface area contributed by atoms with Crippen LogP contribution in [0.5, 0.6) is 0 Å². The Bertz CT molecular complexity index is 715. The van der Waals surface area contributed by atoms with Gasteiger partial charge in [-0.3, -0.25) is 0 Å². The molecule has 0 fully saturated rings. The summed E-state index contributed by atoms with van der Waals surface area (Å²) in [6, 6.07) is 9.67. The molecule has 0 spiro atoms. The monoisotopic (exact) mass is 253 g/mol. The molecule has 0 radical (unpaired) electrons. The van der Waals surface area contributed by atoms with Crippen molar-refractivity contribution in [2.45, 2.75) is 0 Å². The van der Waals surface area contributed by atoms with E-state index >= 15 is 0 Å². The molecule has 0 unspecified atom stereocenters. The molecule has 0 saturated carbocycles. The lowest BCUT2D eigenvalue weighted by molar-refractivity contribution is 1.15. The number of para-hydroxylation sites is 1. The first-order valence-electron chi connectivity index (χ1n) is 5.73. The summed E-state index contributed by atoms with van der Waals surface area (Å²) in [5.41, 5.74) is 2.08. The molecule has 0 aliphatic rings. The zero-order valence-corrected chi connectivity index (χ0v) is 9.92. The molecule has 3 aromatic rings. The summed E-state index contributed by atoms with van der Waals surface area (Å²) in [5.74, 6) is 0.507. The normalized spacial score (nSPS) is 10.3. The van der Waals surface area contributed by atoms with Crippen molar-refractivity contribution in [2.75, 3.05) is 5.32 Å². The van der Waals surface area contributed by atoms with Gasteiger partial charge in [-0.2, -0.15) is 0 Å². The summed E-state index contributed by atoms with van der Waals surface area (Å²) >= 11 is 0. The van der Waals surface area contributed by atoms with Crippen LogP contribution >= 0.6 is 0 Å². The molecule has 0 atom stereocenters. The van der Waals surface area contributed by atoms with Crippen LogP contribution < -0.4 is 11.0 Å². The van der Waals surface area contributed by atoms with E-state index in [9.17, 15) is 4.79 Å². The molecule has 0 saturated heterocycles. The molecule has 19 heavy (non-hydrogen) atoms. The minimum absolute atomic E-state index is 0.249. The number of nitrogens with zero attached hydrogens (tertiary/aromatic N) is 2. The van der Waals surface area contributed by atoms with Crippen LogP contribution in [0.4, 0.5) is 11.6 Å². The van der Waals surface area contributed by atoms with Crippen LogP contribution in [0.3, 0.4) is 0 Å². The molecule has 0 bridgehead atoms. The third kappa shape index (κ3) is 2.52. The Morgan fingerprint density at radius 2 is 1.79 bits per heavy atom. The molecule has 3 rings (SSSR count). The zero-order valence-electron chi connectivity index (χ0n) is 9.92. The molecule has 2 aromatic heterocycles. The van der Waals surface area contributed by atoms with E-state index in [0.717, 1.165) is 11.3 Å². The molecule has 6 heteroatoms. The lowest BCUT2D eigenvalue weighted by Crippen LogP contribution is -2.00. The highest BCUT2D eigenvalue weighted by atomic mass is 16.1. The SMILES string of the molecule is O=c1[nH]cc(-c2cnc(Nc3ccccc3)nc2)[nH]1. The average Bonchev–Trinajstić information content (AvgIpc) is 2.87. The fourth-order valence-corrected chi connectivity index (χ4v) is 1.67. The van der Waals surface area contributed by atoms with E-state index in [-0.39, 0.29) is 5.69 Å². The number of anilines is 2. The number of hydrogen-bond donors (Lipinski definition) is 3. The minimum Gasteiger partial charge on any atom is -0.324 e. The second-order valence-electron chi connectivity index (χ2n) is 3.94. The smallest absolute Gasteiger partial charge is 0.323 e. The second-order valence-corrected chi connectivity index (χ2v) is 3.94. The Morgan fingerprint density at radius 3 is 2.42 bits per heavy atom. The Morgan fingerprint density at radius 1 is 1.05 bits per heavy atom. The second kappa shape index (κ2) is 4.77. The highest BCUT2D eigenvalue weighted by Gasteiger charge is 2.02. The molecule has 94 valence electrons. The maximum absolute atomic E-state index is 11.0. The summed E-state index contributed by atoms with van der Waals surface area (Å²) in [6.07, 6.45) is 4.89. The molecule has 0 amide bonds. The number of hydrogen-bond acceptors (Lipinski definition) is 4. The van der Waals surface area contributed by atoms with E-state index in [1.54, 1.807) is 18.6 Å². The quantitative estimate of drug-likeness (QED) is 0.665. The number of aromatic nitrogens is 4. The van der Waals surface area contributed by atoms with Crippen LogP contribution in [0.15, 0.2) is 53.7 Å². The first kappa shape index (κ1) is 11.2. The van der Waals surface area contributed by atoms with Crippen LogP contribution in [-0.4, -0.2) is 19.9 Å². The van der Waals surface area contributed by atoms with Gasteiger partial charge in [0.15, 0.2) is 0 Å². The molecular formula is C13H11N5O. The van der Waals surface area contributed by atoms with Crippen molar-refractivity contribution in [3.63, 3.8) is 0 Å². The Labute approximate surface area is 108 Å². The van der Waals surface area contributed by atoms with Gasteiger partial charge in [0.05, 0.1) is 5.69 Å². The van der Waals surface area contributed by atoms with Crippen molar-refractivity contribution < 1.29 is 0 Å². The van der Waals surface area contributed by atoms with Crippen LogP contribution in [0.1, 0.15) is 0 Å². The Balaban J connectivity index is 1.81. The summed E-state index contributed by atoms with van der Waals surface area (Å²) in [4.78, 5) is 24.6. The average molecular weight is 253 g/mol. The van der Waals surface area contributed by atoms with Gasteiger partial charge in [0, 0.05) is 29.8 Å². The van der Waals surface area contributed by atoms with E-state index in [1.807, 2.05) is 30.3 Å². The van der Waals surface area contributed by atoms with Gasteiger partial charge < -0.3 is 15.3 Å². The largest absolute Gasteiger partial charge is 0.324 e. The van der Waals surface area contributed by atoms with Gasteiger partial charge in [-0.25, -0.2) is 14.8 Å². The Kier molecular flexibility index (Phi) is 2.82. The van der Waals surface area contributed by atoms with Crippen LogP contribution in [-0.2, 0) is 0 Å². The van der Waals surface area contributed by atoms with Crippen molar-refractivity contribution in [2.24, 2.45) is 0 Å². The van der Waals surface area contributed by atoms with Crippen molar-refractivity contribution >= 4 is 11.6 Å². The summed E-state index contributed by atoms with van der Waals surface area (Å²) < 4.78 is 0. The van der Waals surface area contributed by atoms with Gasteiger partial charge in [-0.05, 0) is 12.1 Å². The van der Waals surface area contributed by atoms with Gasteiger partial charge in [0.1, 0.15) is 0 Å². The number of benzene rings is 1. The highest BCUT2D eigenvalue weighted by molar-refractivity contribution is 5.58. The highest BCUT2D eigenvalue weighted by Crippen LogP contribution is 2.15. The lowest BCUT2D eigenvalue weighted by atomic mass is 10.3. The molecule has 0 aliphatic heterocycles.